The number of piperazine rings is 1. The van der Waals surface area contributed by atoms with E-state index in [0.29, 0.717) is 46.5 Å². The lowest BCUT2D eigenvalue weighted by Crippen LogP contribution is -2.57. The minimum Gasteiger partial charge on any atom is -0.381 e. The second-order valence-corrected chi connectivity index (χ2v) is 14.6. The Hall–Kier alpha value is -1.69. The van der Waals surface area contributed by atoms with Crippen molar-refractivity contribution in [1.29, 1.82) is 0 Å². The standard InChI is InChI=1S/C32H48N4O2/c1-21(17-29(37)36-15-13-35(14-16-36)28-9-12-33-20-34-28)24-5-6-25-23-18-27(38-4)32-19-22(32)7-11-31(32,3)26(23)8-10-30(24,25)2/h9,12,20-27H,5-8,10-11,13-19H2,1-4H3/t21-,22-,23+,24-,25+,26+,27-,30-,31-,32-/m1/s1. The zero-order valence-corrected chi connectivity index (χ0v) is 24.1. The fourth-order valence-electron chi connectivity index (χ4n) is 11.8. The number of hydrogen-bond acceptors (Lipinski definition) is 5. The third kappa shape index (κ3) is 3.43. The van der Waals surface area contributed by atoms with Crippen molar-refractivity contribution in [1.82, 2.24) is 14.9 Å². The summed E-state index contributed by atoms with van der Waals surface area (Å²) >= 11 is 0. The lowest BCUT2D eigenvalue weighted by Gasteiger charge is -2.61. The van der Waals surface area contributed by atoms with E-state index in [1.54, 1.807) is 12.5 Å². The van der Waals surface area contributed by atoms with Crippen LogP contribution in [0.3, 0.4) is 0 Å². The highest BCUT2D eigenvalue weighted by Gasteiger charge is 2.77. The van der Waals surface area contributed by atoms with Gasteiger partial charge in [-0.05, 0) is 104 Å². The highest BCUT2D eigenvalue weighted by molar-refractivity contribution is 5.76. The van der Waals surface area contributed by atoms with Gasteiger partial charge in [0.15, 0.2) is 0 Å². The highest BCUT2D eigenvalue weighted by Crippen LogP contribution is 2.82. The molecule has 1 spiro atoms. The molecule has 5 aliphatic carbocycles. The Morgan fingerprint density at radius 2 is 1.92 bits per heavy atom. The smallest absolute Gasteiger partial charge is 0.222 e. The van der Waals surface area contributed by atoms with Gasteiger partial charge in [0, 0.05) is 51.3 Å². The van der Waals surface area contributed by atoms with E-state index >= 15 is 0 Å². The molecule has 0 bridgehead atoms. The summed E-state index contributed by atoms with van der Waals surface area (Å²) in [7, 11) is 1.99. The molecular weight excluding hydrogens is 472 g/mol. The van der Waals surface area contributed by atoms with E-state index in [2.05, 4.69) is 40.5 Å². The Bertz CT molecular complexity index is 1060. The van der Waals surface area contributed by atoms with Crippen molar-refractivity contribution < 1.29 is 9.53 Å². The fourth-order valence-corrected chi connectivity index (χ4v) is 11.8. The fraction of sp³-hybridized carbons (Fsp3) is 0.844. The SMILES string of the molecule is CO[C@@H]1C[C@H]2[C@@H]3CC[C@H]([C@H](C)CC(=O)N4CCN(c5ccncn5)CC4)[C@@]3(C)CC[C@@H]2[C@@]2(C)CC[C@@H]3C[C@@]312. The molecule has 1 aromatic heterocycles. The number of methoxy groups -OCH3 is 1. The zero-order valence-electron chi connectivity index (χ0n) is 24.1. The van der Waals surface area contributed by atoms with E-state index in [4.69, 9.17) is 4.74 Å². The van der Waals surface area contributed by atoms with Crippen LogP contribution in [0.1, 0.15) is 78.6 Å². The van der Waals surface area contributed by atoms with Gasteiger partial charge < -0.3 is 14.5 Å². The monoisotopic (exact) mass is 520 g/mol. The number of aromatic nitrogens is 2. The van der Waals surface area contributed by atoms with Crippen LogP contribution in [0.5, 0.6) is 0 Å². The van der Waals surface area contributed by atoms with Crippen molar-refractivity contribution in [3.8, 4) is 0 Å². The average Bonchev–Trinajstić information content (AvgIpc) is 3.44. The van der Waals surface area contributed by atoms with Crippen LogP contribution in [0.2, 0.25) is 0 Å². The molecule has 6 fully saturated rings. The van der Waals surface area contributed by atoms with Gasteiger partial charge >= 0.3 is 0 Å². The Morgan fingerprint density at radius 1 is 1.11 bits per heavy atom. The quantitative estimate of drug-likeness (QED) is 0.518. The first-order valence-corrected chi connectivity index (χ1v) is 15.6. The molecule has 38 heavy (non-hydrogen) atoms. The topological polar surface area (TPSA) is 58.6 Å². The molecule has 7 rings (SSSR count). The van der Waals surface area contributed by atoms with Gasteiger partial charge in [0.05, 0.1) is 6.10 Å². The second kappa shape index (κ2) is 8.91. The molecule has 10 atom stereocenters. The van der Waals surface area contributed by atoms with Crippen LogP contribution < -0.4 is 4.90 Å². The Kier molecular flexibility index (Phi) is 5.93. The van der Waals surface area contributed by atoms with Gasteiger partial charge in [0.2, 0.25) is 5.91 Å². The molecule has 5 saturated carbocycles. The van der Waals surface area contributed by atoms with Crippen LogP contribution in [0.25, 0.3) is 0 Å². The Balaban J connectivity index is 1.01. The van der Waals surface area contributed by atoms with Gasteiger partial charge in [0.1, 0.15) is 12.1 Å². The first kappa shape index (κ1) is 25.3. The van der Waals surface area contributed by atoms with E-state index in [1.165, 1.54) is 51.4 Å². The second-order valence-electron chi connectivity index (χ2n) is 14.6. The molecule has 208 valence electrons. The predicted octanol–water partition coefficient (Wildman–Crippen LogP) is 5.44. The van der Waals surface area contributed by atoms with Crippen LogP contribution in [-0.4, -0.2) is 60.2 Å². The van der Waals surface area contributed by atoms with Gasteiger partial charge in [-0.25, -0.2) is 9.97 Å². The summed E-state index contributed by atoms with van der Waals surface area (Å²) < 4.78 is 6.31. The molecule has 6 aliphatic rings. The maximum Gasteiger partial charge on any atom is 0.222 e. The molecule has 1 aromatic rings. The maximum absolute atomic E-state index is 13.5. The molecule has 0 unspecified atom stereocenters. The molecule has 6 nitrogen and oxygen atoms in total. The van der Waals surface area contributed by atoms with Crippen molar-refractivity contribution in [2.45, 2.75) is 84.7 Å². The van der Waals surface area contributed by atoms with Crippen LogP contribution >= 0.6 is 0 Å². The summed E-state index contributed by atoms with van der Waals surface area (Å²) in [4.78, 5) is 26.3. The van der Waals surface area contributed by atoms with Crippen LogP contribution in [0.4, 0.5) is 5.82 Å². The Labute approximate surface area is 229 Å². The summed E-state index contributed by atoms with van der Waals surface area (Å²) in [6.45, 7) is 11.0. The van der Waals surface area contributed by atoms with E-state index in [1.807, 2.05) is 13.2 Å². The van der Waals surface area contributed by atoms with Gasteiger partial charge in [-0.2, -0.15) is 0 Å². The third-order valence-corrected chi connectivity index (χ3v) is 13.6. The number of amides is 1. The number of anilines is 1. The summed E-state index contributed by atoms with van der Waals surface area (Å²) in [6, 6.07) is 1.96. The zero-order chi connectivity index (χ0) is 26.3. The minimum atomic E-state index is 0.359. The van der Waals surface area contributed by atoms with E-state index in [0.717, 1.165) is 55.7 Å². The molecule has 2 heterocycles. The molecule has 0 aromatic carbocycles. The van der Waals surface area contributed by atoms with Gasteiger partial charge in [-0.15, -0.1) is 0 Å². The van der Waals surface area contributed by atoms with Crippen molar-refractivity contribution >= 4 is 11.7 Å². The summed E-state index contributed by atoms with van der Waals surface area (Å²) in [6.07, 6.45) is 15.6. The molecule has 0 radical (unpaired) electrons. The number of carbonyl (C=O) groups is 1. The average molecular weight is 521 g/mol. The lowest BCUT2D eigenvalue weighted by atomic mass is 9.45. The van der Waals surface area contributed by atoms with Crippen LogP contribution in [0, 0.1) is 51.8 Å². The summed E-state index contributed by atoms with van der Waals surface area (Å²) in [5.74, 6) is 5.91. The summed E-state index contributed by atoms with van der Waals surface area (Å²) in [5.41, 5.74) is 1.38. The van der Waals surface area contributed by atoms with Crippen molar-refractivity contribution in [2.24, 2.45) is 51.8 Å². The number of rotatable bonds is 5. The minimum absolute atomic E-state index is 0.359. The normalized spacial score (nSPS) is 46.1. The number of nitrogens with zero attached hydrogens (tertiary/aromatic N) is 4. The number of hydrogen-bond donors (Lipinski definition) is 0. The van der Waals surface area contributed by atoms with Gasteiger partial charge in [-0.3, -0.25) is 4.79 Å². The van der Waals surface area contributed by atoms with Gasteiger partial charge in [-0.1, -0.05) is 20.8 Å². The molecule has 1 saturated heterocycles. The van der Waals surface area contributed by atoms with Gasteiger partial charge in [0.25, 0.3) is 0 Å². The third-order valence-electron chi connectivity index (χ3n) is 13.6. The number of ether oxygens (including phenoxy) is 1. The van der Waals surface area contributed by atoms with Crippen molar-refractivity contribution in [2.75, 3.05) is 38.2 Å². The molecule has 6 heteroatoms. The first-order valence-electron chi connectivity index (χ1n) is 15.6. The molecular formula is C32H48N4O2. The van der Waals surface area contributed by atoms with E-state index in [9.17, 15) is 4.79 Å². The number of fused-ring (bicyclic) bond motifs is 4. The first-order chi connectivity index (χ1) is 18.3. The van der Waals surface area contributed by atoms with Crippen LogP contribution in [-0.2, 0) is 9.53 Å². The maximum atomic E-state index is 13.5. The molecule has 1 amide bonds. The highest BCUT2D eigenvalue weighted by atomic mass is 16.5. The van der Waals surface area contributed by atoms with Crippen molar-refractivity contribution in [3.05, 3.63) is 18.6 Å². The Morgan fingerprint density at radius 3 is 2.63 bits per heavy atom. The summed E-state index contributed by atoms with van der Waals surface area (Å²) in [5, 5.41) is 0. The lowest BCUT2D eigenvalue weighted by molar-refractivity contribution is -0.161. The van der Waals surface area contributed by atoms with E-state index in [-0.39, 0.29) is 0 Å². The van der Waals surface area contributed by atoms with E-state index < -0.39 is 0 Å². The molecule has 0 N–H and O–H groups in total. The number of carbonyl (C=O) groups excluding carboxylic acids is 1. The van der Waals surface area contributed by atoms with Crippen molar-refractivity contribution in [3.63, 3.8) is 0 Å². The largest absolute Gasteiger partial charge is 0.381 e. The van der Waals surface area contributed by atoms with Crippen LogP contribution in [0.15, 0.2) is 18.6 Å². The molecule has 1 aliphatic heterocycles. The predicted molar refractivity (Wildman–Crippen MR) is 148 cm³/mol.